The Morgan fingerprint density at radius 2 is 1.71 bits per heavy atom. The third-order valence-electron chi connectivity index (χ3n) is 3.38. The van der Waals surface area contributed by atoms with Crippen LogP contribution in [0.3, 0.4) is 0 Å². The Bertz CT molecular complexity index is 865. The molecule has 0 N–H and O–H groups in total. The van der Waals surface area contributed by atoms with Crippen LogP contribution in [0.2, 0.25) is 5.02 Å². The fourth-order valence-electron chi connectivity index (χ4n) is 2.31. The van der Waals surface area contributed by atoms with E-state index in [9.17, 15) is 5.26 Å². The molecule has 0 atom stereocenters. The Labute approximate surface area is 128 Å². The molecule has 0 spiro atoms. The molecule has 102 valence electrons. The van der Waals surface area contributed by atoms with E-state index >= 15 is 0 Å². The monoisotopic (exact) mass is 293 g/mol. The number of benzene rings is 3. The molecule has 0 aliphatic heterocycles. The lowest BCUT2D eigenvalue weighted by Gasteiger charge is -2.13. The third kappa shape index (κ3) is 2.44. The van der Waals surface area contributed by atoms with Crippen LogP contribution in [0.1, 0.15) is 11.1 Å². The second kappa shape index (κ2) is 5.47. The molecule has 3 aromatic carbocycles. The molecule has 0 aliphatic rings. The van der Waals surface area contributed by atoms with Crippen LogP contribution in [0.5, 0.6) is 11.5 Å². The molecule has 0 aliphatic carbocycles. The highest BCUT2D eigenvalue weighted by atomic mass is 35.5. The number of rotatable bonds is 2. The second-order valence-electron chi connectivity index (χ2n) is 4.76. The van der Waals surface area contributed by atoms with Gasteiger partial charge in [0.15, 0.2) is 0 Å². The summed E-state index contributed by atoms with van der Waals surface area (Å²) < 4.78 is 6.02. The number of halogens is 1. The van der Waals surface area contributed by atoms with Gasteiger partial charge in [-0.05, 0) is 30.7 Å². The summed E-state index contributed by atoms with van der Waals surface area (Å²) in [5.41, 5.74) is 1.45. The average molecular weight is 294 g/mol. The van der Waals surface area contributed by atoms with E-state index in [0.717, 1.165) is 16.3 Å². The van der Waals surface area contributed by atoms with Gasteiger partial charge in [0.05, 0.1) is 5.56 Å². The van der Waals surface area contributed by atoms with Crippen molar-refractivity contribution in [3.05, 3.63) is 70.7 Å². The lowest BCUT2D eigenvalue weighted by Crippen LogP contribution is -1.92. The molecule has 0 aromatic heterocycles. The number of hydrogen-bond donors (Lipinski definition) is 0. The molecule has 0 bridgehead atoms. The fourth-order valence-corrected chi connectivity index (χ4v) is 2.54. The number of para-hydroxylation sites is 1. The highest BCUT2D eigenvalue weighted by Crippen LogP contribution is 2.36. The van der Waals surface area contributed by atoms with Gasteiger partial charge in [0, 0.05) is 15.8 Å². The fraction of sp³-hybridized carbons (Fsp3) is 0.0556. The summed E-state index contributed by atoms with van der Waals surface area (Å²) >= 11 is 6.21. The molecule has 0 amide bonds. The SMILES string of the molecule is Cc1cccc(C#N)c1Oc1ccc(Cl)c2ccccc12. The van der Waals surface area contributed by atoms with Crippen LogP contribution in [0.4, 0.5) is 0 Å². The van der Waals surface area contributed by atoms with E-state index in [2.05, 4.69) is 6.07 Å². The highest BCUT2D eigenvalue weighted by molar-refractivity contribution is 6.35. The summed E-state index contributed by atoms with van der Waals surface area (Å²) in [6, 6.07) is 19.1. The number of ether oxygens (including phenoxy) is 1. The smallest absolute Gasteiger partial charge is 0.148 e. The molecule has 0 saturated heterocycles. The molecule has 3 aromatic rings. The summed E-state index contributed by atoms with van der Waals surface area (Å²) in [6.45, 7) is 1.92. The van der Waals surface area contributed by atoms with Crippen LogP contribution in [0, 0.1) is 18.3 Å². The number of nitrogens with zero attached hydrogens (tertiary/aromatic N) is 1. The number of aryl methyl sites for hydroxylation is 1. The first-order valence-electron chi connectivity index (χ1n) is 6.55. The number of nitriles is 1. The van der Waals surface area contributed by atoms with Gasteiger partial charge >= 0.3 is 0 Å². The van der Waals surface area contributed by atoms with Crippen molar-refractivity contribution in [2.45, 2.75) is 6.92 Å². The Hall–Kier alpha value is -2.50. The zero-order valence-electron chi connectivity index (χ0n) is 11.4. The predicted molar refractivity (Wildman–Crippen MR) is 84.9 cm³/mol. The van der Waals surface area contributed by atoms with Gasteiger partial charge in [-0.25, -0.2) is 0 Å². The molecule has 3 rings (SSSR count). The topological polar surface area (TPSA) is 33.0 Å². The van der Waals surface area contributed by atoms with Crippen LogP contribution in [0.25, 0.3) is 10.8 Å². The minimum Gasteiger partial charge on any atom is -0.455 e. The van der Waals surface area contributed by atoms with Crippen molar-refractivity contribution in [3.63, 3.8) is 0 Å². The Morgan fingerprint density at radius 1 is 0.952 bits per heavy atom. The van der Waals surface area contributed by atoms with Crippen molar-refractivity contribution in [1.82, 2.24) is 0 Å². The molecular formula is C18H12ClNO. The average Bonchev–Trinajstić information content (AvgIpc) is 2.52. The van der Waals surface area contributed by atoms with Gasteiger partial charge in [0.1, 0.15) is 17.6 Å². The second-order valence-corrected chi connectivity index (χ2v) is 5.16. The van der Waals surface area contributed by atoms with Crippen molar-refractivity contribution in [1.29, 1.82) is 5.26 Å². The normalized spacial score (nSPS) is 10.3. The van der Waals surface area contributed by atoms with Crippen molar-refractivity contribution in [3.8, 4) is 17.6 Å². The van der Waals surface area contributed by atoms with Crippen LogP contribution < -0.4 is 4.74 Å². The molecule has 0 heterocycles. The van der Waals surface area contributed by atoms with Gasteiger partial charge in [-0.1, -0.05) is 48.0 Å². The molecule has 0 saturated carbocycles. The molecule has 0 fully saturated rings. The minimum absolute atomic E-state index is 0.522. The van der Waals surface area contributed by atoms with Gasteiger partial charge in [-0.3, -0.25) is 0 Å². The molecule has 2 nitrogen and oxygen atoms in total. The first-order valence-corrected chi connectivity index (χ1v) is 6.93. The van der Waals surface area contributed by atoms with Gasteiger partial charge in [-0.15, -0.1) is 0 Å². The van der Waals surface area contributed by atoms with Crippen LogP contribution in [-0.2, 0) is 0 Å². The number of hydrogen-bond acceptors (Lipinski definition) is 2. The van der Waals surface area contributed by atoms with Crippen molar-refractivity contribution >= 4 is 22.4 Å². The first-order chi connectivity index (χ1) is 10.2. The maximum atomic E-state index is 9.23. The molecule has 21 heavy (non-hydrogen) atoms. The van der Waals surface area contributed by atoms with Crippen molar-refractivity contribution in [2.75, 3.05) is 0 Å². The van der Waals surface area contributed by atoms with Crippen molar-refractivity contribution in [2.24, 2.45) is 0 Å². The van der Waals surface area contributed by atoms with E-state index in [-0.39, 0.29) is 0 Å². The van der Waals surface area contributed by atoms with Gasteiger partial charge in [0.25, 0.3) is 0 Å². The predicted octanol–water partition coefficient (Wildman–Crippen LogP) is 5.47. The maximum absolute atomic E-state index is 9.23. The third-order valence-corrected chi connectivity index (χ3v) is 3.70. The van der Waals surface area contributed by atoms with Crippen LogP contribution in [0.15, 0.2) is 54.6 Å². The quantitative estimate of drug-likeness (QED) is 0.628. The zero-order valence-corrected chi connectivity index (χ0v) is 12.2. The van der Waals surface area contributed by atoms with E-state index in [0.29, 0.717) is 22.1 Å². The summed E-state index contributed by atoms with van der Waals surface area (Å²) in [5, 5.41) is 11.8. The Morgan fingerprint density at radius 3 is 2.48 bits per heavy atom. The van der Waals surface area contributed by atoms with E-state index in [4.69, 9.17) is 16.3 Å². The van der Waals surface area contributed by atoms with E-state index < -0.39 is 0 Å². The maximum Gasteiger partial charge on any atom is 0.148 e. The molecule has 0 unspecified atom stereocenters. The molecule has 3 heteroatoms. The zero-order chi connectivity index (χ0) is 14.8. The summed E-state index contributed by atoms with van der Waals surface area (Å²) in [5.74, 6) is 1.29. The summed E-state index contributed by atoms with van der Waals surface area (Å²) in [4.78, 5) is 0. The summed E-state index contributed by atoms with van der Waals surface area (Å²) in [7, 11) is 0. The Balaban J connectivity index is 2.16. The van der Waals surface area contributed by atoms with Gasteiger partial charge in [-0.2, -0.15) is 5.26 Å². The first kappa shape index (κ1) is 13.5. The van der Waals surface area contributed by atoms with Gasteiger partial charge < -0.3 is 4.74 Å². The van der Waals surface area contributed by atoms with Crippen LogP contribution in [-0.4, -0.2) is 0 Å². The largest absolute Gasteiger partial charge is 0.455 e. The van der Waals surface area contributed by atoms with E-state index in [1.807, 2.05) is 55.5 Å². The molecular weight excluding hydrogens is 282 g/mol. The number of fused-ring (bicyclic) bond motifs is 1. The highest BCUT2D eigenvalue weighted by Gasteiger charge is 2.11. The Kier molecular flexibility index (Phi) is 3.51. The minimum atomic E-state index is 0.522. The molecule has 0 radical (unpaired) electrons. The lowest BCUT2D eigenvalue weighted by molar-refractivity contribution is 0.483. The standard InChI is InChI=1S/C18H12ClNO/c1-12-5-4-6-13(11-20)18(12)21-17-10-9-16(19)14-7-2-3-8-15(14)17/h2-10H,1H3. The summed E-state index contributed by atoms with van der Waals surface area (Å²) in [6.07, 6.45) is 0. The van der Waals surface area contributed by atoms with Gasteiger partial charge in [0.2, 0.25) is 0 Å². The lowest BCUT2D eigenvalue weighted by atomic mass is 10.1. The van der Waals surface area contributed by atoms with E-state index in [1.54, 1.807) is 6.07 Å². The van der Waals surface area contributed by atoms with E-state index in [1.165, 1.54) is 0 Å². The van der Waals surface area contributed by atoms with Crippen LogP contribution >= 0.6 is 11.6 Å². The van der Waals surface area contributed by atoms with Crippen molar-refractivity contribution < 1.29 is 4.74 Å².